The molecule has 3 nitrogen and oxygen atoms in total. The Morgan fingerprint density at radius 1 is 1.50 bits per heavy atom. The van der Waals surface area contributed by atoms with Gasteiger partial charge in [-0.2, -0.15) is 0 Å². The number of nitrogens with one attached hydrogen (secondary N) is 1. The maximum absolute atomic E-state index is 13.4. The molecule has 18 heavy (non-hydrogen) atoms. The average molecular weight is 273 g/mol. The summed E-state index contributed by atoms with van der Waals surface area (Å²) < 4.78 is 19.1. The highest BCUT2D eigenvalue weighted by atomic mass is 35.5. The van der Waals surface area contributed by atoms with Gasteiger partial charge in [-0.1, -0.05) is 17.7 Å². The average Bonchev–Trinajstić information content (AvgIpc) is 2.41. The highest BCUT2D eigenvalue weighted by molar-refractivity contribution is 6.30. The molecule has 3 N–H and O–H groups in total. The van der Waals surface area contributed by atoms with Gasteiger partial charge < -0.3 is 4.74 Å². The summed E-state index contributed by atoms with van der Waals surface area (Å²) in [7, 11) is 0. The van der Waals surface area contributed by atoms with Gasteiger partial charge in [-0.3, -0.25) is 11.3 Å². The van der Waals surface area contributed by atoms with E-state index in [4.69, 9.17) is 22.2 Å². The van der Waals surface area contributed by atoms with Crippen LogP contribution in [0.3, 0.4) is 0 Å². The van der Waals surface area contributed by atoms with Crippen LogP contribution in [0, 0.1) is 5.82 Å². The summed E-state index contributed by atoms with van der Waals surface area (Å²) in [6.07, 6.45) is 3.98. The smallest absolute Gasteiger partial charge is 0.142 e. The first kappa shape index (κ1) is 13.7. The number of hydrogen-bond donors (Lipinski definition) is 2. The third kappa shape index (κ3) is 3.42. The molecule has 5 heteroatoms. The highest BCUT2D eigenvalue weighted by Crippen LogP contribution is 2.20. The summed E-state index contributed by atoms with van der Waals surface area (Å²) in [5.41, 5.74) is 3.64. The molecule has 1 aliphatic heterocycles. The largest absolute Gasteiger partial charge is 0.377 e. The molecule has 1 fully saturated rings. The lowest BCUT2D eigenvalue weighted by Gasteiger charge is -2.30. The third-order valence-corrected chi connectivity index (χ3v) is 3.62. The van der Waals surface area contributed by atoms with E-state index in [1.54, 1.807) is 6.07 Å². The molecule has 2 unspecified atom stereocenters. The lowest BCUT2D eigenvalue weighted by Crippen LogP contribution is -2.47. The molecule has 2 rings (SSSR count). The minimum Gasteiger partial charge on any atom is -0.377 e. The molecular weight excluding hydrogens is 255 g/mol. The second-order valence-corrected chi connectivity index (χ2v) is 5.04. The van der Waals surface area contributed by atoms with Crippen LogP contribution in [0.25, 0.3) is 0 Å². The molecule has 0 saturated carbocycles. The number of hydrazine groups is 1. The van der Waals surface area contributed by atoms with Gasteiger partial charge in [0.25, 0.3) is 0 Å². The topological polar surface area (TPSA) is 47.3 Å². The second kappa shape index (κ2) is 6.48. The number of nitrogens with two attached hydrogens (primary N) is 1. The Kier molecular flexibility index (Phi) is 4.95. The zero-order valence-electron chi connectivity index (χ0n) is 10.2. The van der Waals surface area contributed by atoms with E-state index in [2.05, 4.69) is 5.43 Å². The van der Waals surface area contributed by atoms with E-state index in [9.17, 15) is 4.39 Å². The van der Waals surface area contributed by atoms with Gasteiger partial charge in [0.1, 0.15) is 5.82 Å². The van der Waals surface area contributed by atoms with E-state index in [1.165, 1.54) is 6.07 Å². The minimum absolute atomic E-state index is 0.00544. The fraction of sp³-hybridized carbons (Fsp3) is 0.538. The minimum atomic E-state index is -0.394. The summed E-state index contributed by atoms with van der Waals surface area (Å²) in [5, 5.41) is 0.143. The van der Waals surface area contributed by atoms with Gasteiger partial charge in [0.2, 0.25) is 0 Å². The van der Waals surface area contributed by atoms with E-state index < -0.39 is 5.82 Å². The van der Waals surface area contributed by atoms with E-state index in [1.807, 2.05) is 6.07 Å². The van der Waals surface area contributed by atoms with Gasteiger partial charge in [0.05, 0.1) is 17.2 Å². The van der Waals surface area contributed by atoms with Gasteiger partial charge in [-0.05, 0) is 43.4 Å². The Bertz CT molecular complexity index is 397. The van der Waals surface area contributed by atoms with Crippen LogP contribution in [0.1, 0.15) is 24.8 Å². The van der Waals surface area contributed by atoms with Crippen LogP contribution in [0.2, 0.25) is 5.02 Å². The first-order valence-corrected chi connectivity index (χ1v) is 6.60. The van der Waals surface area contributed by atoms with Crippen molar-refractivity contribution in [3.63, 3.8) is 0 Å². The first-order valence-electron chi connectivity index (χ1n) is 6.22. The molecule has 0 bridgehead atoms. The van der Waals surface area contributed by atoms with E-state index in [0.29, 0.717) is 6.42 Å². The van der Waals surface area contributed by atoms with Crippen molar-refractivity contribution in [2.24, 2.45) is 5.84 Å². The Morgan fingerprint density at radius 3 is 2.94 bits per heavy atom. The molecular formula is C13H18ClFN2O. The predicted molar refractivity (Wildman–Crippen MR) is 69.8 cm³/mol. The predicted octanol–water partition coefficient (Wildman–Crippen LogP) is 2.42. The molecule has 1 aromatic carbocycles. The molecule has 1 aromatic rings. The molecule has 0 radical (unpaired) electrons. The molecule has 0 amide bonds. The summed E-state index contributed by atoms with van der Waals surface area (Å²) in [5.74, 6) is 5.18. The quantitative estimate of drug-likeness (QED) is 0.654. The van der Waals surface area contributed by atoms with Crippen molar-refractivity contribution in [1.29, 1.82) is 0 Å². The molecule has 1 heterocycles. The van der Waals surface area contributed by atoms with Crippen molar-refractivity contribution in [1.82, 2.24) is 5.43 Å². The molecule has 0 aromatic heterocycles. The normalized spacial score (nSPS) is 21.8. The van der Waals surface area contributed by atoms with E-state index in [-0.39, 0.29) is 17.2 Å². The van der Waals surface area contributed by atoms with Crippen molar-refractivity contribution < 1.29 is 9.13 Å². The van der Waals surface area contributed by atoms with Crippen molar-refractivity contribution in [2.75, 3.05) is 6.61 Å². The van der Waals surface area contributed by atoms with Gasteiger partial charge in [-0.25, -0.2) is 4.39 Å². The Hall–Kier alpha value is -0.680. The van der Waals surface area contributed by atoms with Crippen LogP contribution in [0.4, 0.5) is 4.39 Å². The van der Waals surface area contributed by atoms with Crippen LogP contribution >= 0.6 is 11.6 Å². The number of halogens is 2. The van der Waals surface area contributed by atoms with Gasteiger partial charge in [0, 0.05) is 6.61 Å². The van der Waals surface area contributed by atoms with Gasteiger partial charge in [0.15, 0.2) is 0 Å². The van der Waals surface area contributed by atoms with E-state index >= 15 is 0 Å². The van der Waals surface area contributed by atoms with Crippen molar-refractivity contribution >= 4 is 11.6 Å². The highest BCUT2D eigenvalue weighted by Gasteiger charge is 2.23. The summed E-state index contributed by atoms with van der Waals surface area (Å²) >= 11 is 5.66. The fourth-order valence-electron chi connectivity index (χ4n) is 2.30. The maximum atomic E-state index is 13.4. The van der Waals surface area contributed by atoms with Crippen LogP contribution in [-0.4, -0.2) is 18.8 Å². The first-order chi connectivity index (χ1) is 8.70. The molecule has 1 saturated heterocycles. The Morgan fingerprint density at radius 2 is 2.33 bits per heavy atom. The summed E-state index contributed by atoms with van der Waals surface area (Å²) in [6, 6.07) is 4.85. The summed E-state index contributed by atoms with van der Waals surface area (Å²) in [4.78, 5) is 0. The van der Waals surface area contributed by atoms with Gasteiger partial charge >= 0.3 is 0 Å². The van der Waals surface area contributed by atoms with Crippen LogP contribution in [-0.2, 0) is 11.2 Å². The van der Waals surface area contributed by atoms with Gasteiger partial charge in [-0.15, -0.1) is 0 Å². The molecule has 100 valence electrons. The number of rotatable bonds is 4. The van der Waals surface area contributed by atoms with E-state index in [0.717, 1.165) is 31.4 Å². The lowest BCUT2D eigenvalue weighted by atomic mass is 9.96. The standard InChI is InChI=1S/C13H18ClFN2O/c14-10-5-4-9(7-11(10)15)8-12(17-16)13-3-1-2-6-18-13/h4-5,7,12-13,17H,1-3,6,8,16H2. The number of ether oxygens (including phenoxy) is 1. The summed E-state index contributed by atoms with van der Waals surface area (Å²) in [6.45, 7) is 0.776. The Labute approximate surface area is 111 Å². The molecule has 0 spiro atoms. The van der Waals surface area contributed by atoms with Crippen LogP contribution in [0.5, 0.6) is 0 Å². The molecule has 0 aliphatic carbocycles. The zero-order valence-corrected chi connectivity index (χ0v) is 10.9. The molecule has 2 atom stereocenters. The van der Waals surface area contributed by atoms with Crippen molar-refractivity contribution in [2.45, 2.75) is 37.8 Å². The zero-order chi connectivity index (χ0) is 13.0. The SMILES string of the molecule is NNC(Cc1ccc(Cl)c(F)c1)C1CCCCO1. The lowest BCUT2D eigenvalue weighted by molar-refractivity contribution is -0.00745. The molecule has 1 aliphatic rings. The monoisotopic (exact) mass is 272 g/mol. The van der Waals surface area contributed by atoms with Crippen molar-refractivity contribution in [3.05, 3.63) is 34.6 Å². The maximum Gasteiger partial charge on any atom is 0.142 e. The fourth-order valence-corrected chi connectivity index (χ4v) is 2.42. The van der Waals surface area contributed by atoms with Crippen LogP contribution in [0.15, 0.2) is 18.2 Å². The number of hydrogen-bond acceptors (Lipinski definition) is 3. The van der Waals surface area contributed by atoms with Crippen LogP contribution < -0.4 is 11.3 Å². The number of benzene rings is 1. The third-order valence-electron chi connectivity index (χ3n) is 3.32. The Balaban J connectivity index is 2.02. The second-order valence-electron chi connectivity index (χ2n) is 4.63. The van der Waals surface area contributed by atoms with Crippen molar-refractivity contribution in [3.8, 4) is 0 Å².